The minimum atomic E-state index is 1.13. The first-order valence-electron chi connectivity index (χ1n) is 12.2. The lowest BCUT2D eigenvalue weighted by Crippen LogP contribution is -2.10. The number of nitrogens with zero attached hydrogens (tertiary/aromatic N) is 1. The van der Waals surface area contributed by atoms with Crippen LogP contribution in [0.5, 0.6) is 0 Å². The summed E-state index contributed by atoms with van der Waals surface area (Å²) < 4.78 is 0. The zero-order valence-electron chi connectivity index (χ0n) is 20.3. The van der Waals surface area contributed by atoms with Gasteiger partial charge >= 0.3 is 0 Å². The van der Waals surface area contributed by atoms with E-state index in [1.54, 1.807) is 0 Å². The van der Waals surface area contributed by atoms with Crippen LogP contribution < -0.4 is 4.90 Å². The molecule has 1 nitrogen and oxygen atoms in total. The second kappa shape index (κ2) is 9.48. The summed E-state index contributed by atoms with van der Waals surface area (Å²) in [5, 5.41) is 4.95. The molecule has 1 aliphatic rings. The lowest BCUT2D eigenvalue weighted by atomic mass is 9.99. The van der Waals surface area contributed by atoms with Crippen LogP contribution in [0.1, 0.15) is 25.0 Å². The zero-order chi connectivity index (χ0) is 24.4. The fraction of sp³-hybridized carbons (Fsp3) is 0.0588. The monoisotopic (exact) mass is 451 g/mol. The number of para-hydroxylation sites is 1. The number of allylic oxidation sites excluding steroid dienone is 4. The summed E-state index contributed by atoms with van der Waals surface area (Å²) in [6.45, 7) is 12.2. The molecular weight excluding hydrogens is 422 g/mol. The lowest BCUT2D eigenvalue weighted by Gasteiger charge is -2.27. The van der Waals surface area contributed by atoms with Crippen LogP contribution in [0.25, 0.3) is 32.7 Å². The Kier molecular flexibility index (Phi) is 6.08. The van der Waals surface area contributed by atoms with Gasteiger partial charge in [-0.1, -0.05) is 112 Å². The van der Waals surface area contributed by atoms with Crippen LogP contribution in [0, 0.1) is 0 Å². The van der Waals surface area contributed by atoms with Crippen molar-refractivity contribution < 1.29 is 0 Å². The minimum absolute atomic E-state index is 1.13. The normalized spacial score (nSPS) is 11.8. The molecule has 0 aromatic heterocycles. The van der Waals surface area contributed by atoms with Crippen molar-refractivity contribution in [1.29, 1.82) is 0 Å². The van der Waals surface area contributed by atoms with Crippen molar-refractivity contribution in [3.63, 3.8) is 0 Å². The first-order chi connectivity index (χ1) is 17.3. The Labute approximate surface area is 208 Å². The molecule has 5 aromatic rings. The van der Waals surface area contributed by atoms with E-state index in [0.29, 0.717) is 0 Å². The first-order valence-corrected chi connectivity index (χ1v) is 12.2. The maximum atomic E-state index is 4.08. The summed E-state index contributed by atoms with van der Waals surface area (Å²) in [5.41, 5.74) is 8.18. The maximum absolute atomic E-state index is 4.08. The van der Waals surface area contributed by atoms with Gasteiger partial charge in [-0.15, -0.1) is 0 Å². The van der Waals surface area contributed by atoms with Crippen molar-refractivity contribution in [2.45, 2.75) is 13.8 Å². The third kappa shape index (κ3) is 3.66. The Morgan fingerprint density at radius 2 is 1.23 bits per heavy atom. The van der Waals surface area contributed by atoms with E-state index in [0.717, 1.165) is 28.2 Å². The summed E-state index contributed by atoms with van der Waals surface area (Å²) >= 11 is 0. The fourth-order valence-electron chi connectivity index (χ4n) is 5.09. The fourth-order valence-corrected chi connectivity index (χ4v) is 5.09. The molecule has 0 fully saturated rings. The molecule has 35 heavy (non-hydrogen) atoms. The highest BCUT2D eigenvalue weighted by molar-refractivity contribution is 6.20. The lowest BCUT2D eigenvalue weighted by molar-refractivity contribution is 1.30. The number of fused-ring (bicyclic) bond motifs is 1. The second-order valence-corrected chi connectivity index (χ2v) is 8.30. The van der Waals surface area contributed by atoms with Crippen LogP contribution in [-0.2, 0) is 0 Å². The smallest absolute Gasteiger partial charge is 0.0540 e. The Morgan fingerprint density at radius 1 is 0.571 bits per heavy atom. The second-order valence-electron chi connectivity index (χ2n) is 8.30. The molecule has 0 bridgehead atoms. The molecule has 0 N–H and O–H groups in total. The highest BCUT2D eigenvalue weighted by atomic mass is 15.1. The van der Waals surface area contributed by atoms with E-state index in [4.69, 9.17) is 0 Å². The third-order valence-corrected chi connectivity index (χ3v) is 6.54. The van der Waals surface area contributed by atoms with E-state index in [-0.39, 0.29) is 0 Å². The Bertz CT molecular complexity index is 1560. The molecule has 0 spiro atoms. The summed E-state index contributed by atoms with van der Waals surface area (Å²) in [4.78, 5) is 2.36. The molecule has 0 atom stereocenters. The van der Waals surface area contributed by atoms with E-state index in [2.05, 4.69) is 121 Å². The molecule has 0 aliphatic heterocycles. The molecule has 0 amide bonds. The van der Waals surface area contributed by atoms with Crippen molar-refractivity contribution >= 4 is 49.8 Å². The Hall–Kier alpha value is -4.36. The summed E-state index contributed by atoms with van der Waals surface area (Å²) in [7, 11) is 0. The molecule has 1 aliphatic carbocycles. The largest absolute Gasteiger partial charge is 0.310 e. The summed E-state index contributed by atoms with van der Waals surface area (Å²) in [6.07, 6.45) is 3.90. The van der Waals surface area contributed by atoms with Gasteiger partial charge in [-0.25, -0.2) is 0 Å². The van der Waals surface area contributed by atoms with Crippen molar-refractivity contribution in [3.8, 4) is 0 Å². The Morgan fingerprint density at radius 3 is 1.94 bits per heavy atom. The van der Waals surface area contributed by atoms with Gasteiger partial charge in [-0.2, -0.15) is 0 Å². The number of anilines is 3. The van der Waals surface area contributed by atoms with Crippen molar-refractivity contribution in [2.24, 2.45) is 0 Å². The molecule has 5 aromatic carbocycles. The van der Waals surface area contributed by atoms with E-state index in [1.165, 1.54) is 32.7 Å². The first kappa shape index (κ1) is 22.4. The quantitative estimate of drug-likeness (QED) is 0.257. The molecule has 170 valence electrons. The maximum Gasteiger partial charge on any atom is 0.0540 e. The summed E-state index contributed by atoms with van der Waals surface area (Å²) in [6, 6.07) is 36.8. The predicted octanol–water partition coefficient (Wildman–Crippen LogP) is 10.1. The van der Waals surface area contributed by atoms with Crippen LogP contribution >= 0.6 is 0 Å². The van der Waals surface area contributed by atoms with Gasteiger partial charge in [-0.05, 0) is 68.8 Å². The van der Waals surface area contributed by atoms with Gasteiger partial charge in [0.05, 0.1) is 5.69 Å². The van der Waals surface area contributed by atoms with Gasteiger partial charge < -0.3 is 4.90 Å². The number of hydrogen-bond donors (Lipinski definition) is 0. The van der Waals surface area contributed by atoms with Crippen LogP contribution in [0.2, 0.25) is 0 Å². The standard InChI is InChI=1S/C32H23N.C2H6/c1-3-26-27(4-2)29-19-20-31(30-16-10-15-28(26)32(29)30)33(24-13-6-5-7-14-24)25-18-17-22-11-8-9-12-23(22)21-25;1-2/h3-21H,1-2H2;1-2H3. The molecule has 0 heterocycles. The van der Waals surface area contributed by atoms with E-state index < -0.39 is 0 Å². The zero-order valence-corrected chi connectivity index (χ0v) is 20.3. The number of benzene rings is 5. The minimum Gasteiger partial charge on any atom is -0.310 e. The molecular formula is C34H29N. The van der Waals surface area contributed by atoms with Crippen molar-refractivity contribution in [2.75, 3.05) is 4.90 Å². The van der Waals surface area contributed by atoms with E-state index >= 15 is 0 Å². The van der Waals surface area contributed by atoms with Crippen LogP contribution in [-0.4, -0.2) is 0 Å². The van der Waals surface area contributed by atoms with E-state index in [9.17, 15) is 0 Å². The third-order valence-electron chi connectivity index (χ3n) is 6.54. The van der Waals surface area contributed by atoms with Crippen LogP contribution in [0.15, 0.2) is 128 Å². The summed E-state index contributed by atoms with van der Waals surface area (Å²) in [5.74, 6) is 0. The topological polar surface area (TPSA) is 3.24 Å². The average molecular weight is 452 g/mol. The molecule has 0 radical (unpaired) electrons. The average Bonchev–Trinajstić information content (AvgIpc) is 3.25. The van der Waals surface area contributed by atoms with Gasteiger partial charge in [0.1, 0.15) is 0 Å². The van der Waals surface area contributed by atoms with Crippen LogP contribution in [0.3, 0.4) is 0 Å². The molecule has 0 saturated heterocycles. The van der Waals surface area contributed by atoms with Gasteiger partial charge in [0.15, 0.2) is 0 Å². The van der Waals surface area contributed by atoms with Crippen LogP contribution in [0.4, 0.5) is 17.1 Å². The van der Waals surface area contributed by atoms with Crippen molar-refractivity contribution in [3.05, 3.63) is 140 Å². The van der Waals surface area contributed by atoms with Crippen molar-refractivity contribution in [1.82, 2.24) is 0 Å². The van der Waals surface area contributed by atoms with Gasteiger partial charge in [0.2, 0.25) is 0 Å². The van der Waals surface area contributed by atoms with E-state index in [1.807, 2.05) is 26.0 Å². The molecule has 0 unspecified atom stereocenters. The highest BCUT2D eigenvalue weighted by Gasteiger charge is 2.24. The Balaban J connectivity index is 0.00000124. The van der Waals surface area contributed by atoms with Gasteiger partial charge in [0, 0.05) is 16.8 Å². The predicted molar refractivity (Wildman–Crippen MR) is 155 cm³/mol. The molecule has 1 heteroatoms. The highest BCUT2D eigenvalue weighted by Crippen LogP contribution is 2.48. The number of hydrogen-bond acceptors (Lipinski definition) is 1. The van der Waals surface area contributed by atoms with Gasteiger partial charge in [0.25, 0.3) is 0 Å². The number of rotatable bonds is 5. The SMILES string of the molecule is C=CC1=C(C=C)c2ccc(N(c3ccccc3)c3ccc4ccccc4c3)c3cccc1c23.CC. The molecule has 0 saturated carbocycles. The molecule has 6 rings (SSSR count). The van der Waals surface area contributed by atoms with Gasteiger partial charge in [-0.3, -0.25) is 0 Å².